The molecule has 0 aliphatic heterocycles. The van der Waals surface area contributed by atoms with Gasteiger partial charge >= 0.3 is 12.1 Å². The van der Waals surface area contributed by atoms with Crippen molar-refractivity contribution in [2.45, 2.75) is 38.8 Å². The fourth-order valence-corrected chi connectivity index (χ4v) is 4.22. The number of rotatable bonds is 7. The van der Waals surface area contributed by atoms with Crippen molar-refractivity contribution in [2.75, 3.05) is 0 Å². The van der Waals surface area contributed by atoms with Crippen LogP contribution in [0, 0.1) is 0 Å². The van der Waals surface area contributed by atoms with Gasteiger partial charge in [-0.05, 0) is 32.9 Å². The number of hydrogen-bond donors (Lipinski definition) is 3. The van der Waals surface area contributed by atoms with Crippen molar-refractivity contribution in [2.24, 2.45) is 5.73 Å². The van der Waals surface area contributed by atoms with E-state index in [9.17, 15) is 19.5 Å². The fraction of sp³-hybridized carbons (Fsp3) is 0.300. The summed E-state index contributed by atoms with van der Waals surface area (Å²) in [6.45, 7) is 5.08. The molecule has 10 nitrogen and oxygen atoms in total. The van der Waals surface area contributed by atoms with Crippen molar-refractivity contribution in [1.29, 1.82) is 0 Å². The van der Waals surface area contributed by atoms with Crippen LogP contribution in [0.1, 0.15) is 36.3 Å². The number of aliphatic carboxylic acids is 1. The Morgan fingerprint density at radius 3 is 2.47 bits per heavy atom. The maximum atomic E-state index is 11.9. The Morgan fingerprint density at radius 1 is 1.09 bits per heavy atom. The van der Waals surface area contributed by atoms with Gasteiger partial charge in [-0.25, -0.2) is 24.5 Å². The molecule has 168 valence electrons. The number of thiazole rings is 2. The van der Waals surface area contributed by atoms with E-state index >= 15 is 0 Å². The number of carboxylic acid groups (broad SMARTS) is 1. The molecule has 3 heterocycles. The maximum absolute atomic E-state index is 11.9. The number of ether oxygens (including phenoxy) is 1. The predicted octanol–water partition coefficient (Wildman–Crippen LogP) is 2.95. The predicted molar refractivity (Wildman–Crippen MR) is 119 cm³/mol. The van der Waals surface area contributed by atoms with E-state index in [1.807, 2.05) is 0 Å². The number of nitrogens with one attached hydrogen (secondary N) is 1. The zero-order chi connectivity index (χ0) is 23.5. The molecule has 0 spiro atoms. The summed E-state index contributed by atoms with van der Waals surface area (Å²) in [5.74, 6) is -1.82. The summed E-state index contributed by atoms with van der Waals surface area (Å²) in [4.78, 5) is 48.0. The Labute approximate surface area is 191 Å². The van der Waals surface area contributed by atoms with E-state index in [1.54, 1.807) is 43.7 Å². The van der Waals surface area contributed by atoms with E-state index in [1.165, 1.54) is 28.7 Å². The Hall–Kier alpha value is -3.38. The summed E-state index contributed by atoms with van der Waals surface area (Å²) < 4.78 is 5.12. The van der Waals surface area contributed by atoms with Crippen LogP contribution in [0.25, 0.3) is 22.1 Å². The lowest BCUT2D eigenvalue weighted by atomic mass is 10.2. The largest absolute Gasteiger partial charge is 0.480 e. The van der Waals surface area contributed by atoms with Gasteiger partial charge in [-0.1, -0.05) is 6.07 Å². The van der Waals surface area contributed by atoms with Crippen LogP contribution in [-0.2, 0) is 16.0 Å². The number of alkyl carbamates (subject to hydrolysis) is 1. The van der Waals surface area contributed by atoms with Crippen LogP contribution in [0.2, 0.25) is 0 Å². The molecule has 3 aromatic heterocycles. The Bertz CT molecular complexity index is 1150. The van der Waals surface area contributed by atoms with Crippen molar-refractivity contribution in [3.8, 4) is 22.1 Å². The van der Waals surface area contributed by atoms with E-state index in [4.69, 9.17) is 10.5 Å². The molecule has 0 fully saturated rings. The van der Waals surface area contributed by atoms with Crippen LogP contribution >= 0.6 is 22.7 Å². The van der Waals surface area contributed by atoms with Gasteiger partial charge in [-0.3, -0.25) is 4.79 Å². The highest BCUT2D eigenvalue weighted by molar-refractivity contribution is 7.14. The van der Waals surface area contributed by atoms with Gasteiger partial charge in [0.1, 0.15) is 33.7 Å². The summed E-state index contributed by atoms with van der Waals surface area (Å²) in [7, 11) is 0. The molecule has 0 saturated carbocycles. The molecule has 0 aliphatic carbocycles. The fourth-order valence-electron chi connectivity index (χ4n) is 2.55. The molecule has 0 bridgehead atoms. The van der Waals surface area contributed by atoms with Crippen LogP contribution in [0.4, 0.5) is 4.79 Å². The highest BCUT2D eigenvalue weighted by atomic mass is 32.1. The first-order valence-electron chi connectivity index (χ1n) is 9.41. The number of carbonyl (C=O) groups excluding carboxylic acids is 2. The van der Waals surface area contributed by atoms with Crippen LogP contribution < -0.4 is 11.1 Å². The van der Waals surface area contributed by atoms with E-state index in [0.29, 0.717) is 27.1 Å². The number of hydrogen-bond acceptors (Lipinski definition) is 9. The first-order chi connectivity index (χ1) is 15.0. The van der Waals surface area contributed by atoms with E-state index in [0.717, 1.165) is 0 Å². The molecule has 2 amide bonds. The minimum atomic E-state index is -1.19. The third-order valence-electron chi connectivity index (χ3n) is 3.91. The molecular formula is C20H21N5O5S2. The molecular weight excluding hydrogens is 454 g/mol. The normalized spacial score (nSPS) is 12.2. The third kappa shape index (κ3) is 6.08. The molecule has 0 aliphatic rings. The Balaban J connectivity index is 1.73. The van der Waals surface area contributed by atoms with Gasteiger partial charge in [0, 0.05) is 17.2 Å². The number of aromatic nitrogens is 3. The number of carboxylic acids is 1. The van der Waals surface area contributed by atoms with Crippen LogP contribution in [0.3, 0.4) is 0 Å². The number of nitrogens with zero attached hydrogens (tertiary/aromatic N) is 3. The van der Waals surface area contributed by atoms with Gasteiger partial charge in [0.15, 0.2) is 0 Å². The van der Waals surface area contributed by atoms with Gasteiger partial charge in [-0.2, -0.15) is 0 Å². The SMILES string of the molecule is CC(C)(C)OC(=O)NC(Cc1nc(-c2nc(-c3cccc(C(N)=O)n3)cs2)cs1)C(=O)O. The summed E-state index contributed by atoms with van der Waals surface area (Å²) in [5, 5.41) is 16.5. The highest BCUT2D eigenvalue weighted by Gasteiger charge is 2.25. The summed E-state index contributed by atoms with van der Waals surface area (Å²) in [6.07, 6.45) is -0.809. The Morgan fingerprint density at radius 2 is 1.81 bits per heavy atom. The van der Waals surface area contributed by atoms with Crippen molar-refractivity contribution >= 4 is 40.6 Å². The monoisotopic (exact) mass is 475 g/mol. The summed E-state index contributed by atoms with van der Waals surface area (Å²) in [6, 6.07) is 3.73. The van der Waals surface area contributed by atoms with Gasteiger partial charge in [0.05, 0.1) is 10.7 Å². The third-order valence-corrected chi connectivity index (χ3v) is 5.64. The first-order valence-corrected chi connectivity index (χ1v) is 11.2. The molecule has 4 N–H and O–H groups in total. The lowest BCUT2D eigenvalue weighted by Gasteiger charge is -2.21. The molecule has 12 heteroatoms. The Kier molecular flexibility index (Phi) is 6.84. The van der Waals surface area contributed by atoms with Crippen LogP contribution in [-0.4, -0.2) is 49.7 Å². The number of amides is 2. The number of primary amides is 1. The smallest absolute Gasteiger partial charge is 0.408 e. The average molecular weight is 476 g/mol. The molecule has 0 radical (unpaired) electrons. The second-order valence-corrected chi connectivity index (χ2v) is 9.48. The van der Waals surface area contributed by atoms with Gasteiger partial charge in [0.25, 0.3) is 5.91 Å². The molecule has 1 atom stereocenters. The van der Waals surface area contributed by atoms with Crippen molar-refractivity contribution < 1.29 is 24.2 Å². The quantitative estimate of drug-likeness (QED) is 0.470. The highest BCUT2D eigenvalue weighted by Crippen LogP contribution is 2.29. The van der Waals surface area contributed by atoms with Gasteiger partial charge < -0.3 is 20.9 Å². The van der Waals surface area contributed by atoms with E-state index < -0.39 is 29.6 Å². The number of carbonyl (C=O) groups is 3. The zero-order valence-corrected chi connectivity index (χ0v) is 19.1. The van der Waals surface area contributed by atoms with Crippen molar-refractivity contribution in [1.82, 2.24) is 20.3 Å². The molecule has 3 rings (SSSR count). The van der Waals surface area contributed by atoms with Gasteiger partial charge in [-0.15, -0.1) is 22.7 Å². The lowest BCUT2D eigenvalue weighted by Crippen LogP contribution is -2.44. The van der Waals surface area contributed by atoms with Gasteiger partial charge in [0.2, 0.25) is 0 Å². The minimum absolute atomic E-state index is 0.000310. The summed E-state index contributed by atoms with van der Waals surface area (Å²) in [5.41, 5.74) is 6.33. The molecule has 1 unspecified atom stereocenters. The van der Waals surface area contributed by atoms with Crippen molar-refractivity contribution in [3.63, 3.8) is 0 Å². The minimum Gasteiger partial charge on any atom is -0.480 e. The second-order valence-electron chi connectivity index (χ2n) is 7.68. The van der Waals surface area contributed by atoms with E-state index in [2.05, 4.69) is 20.3 Å². The number of nitrogens with two attached hydrogens (primary N) is 1. The number of pyridine rings is 1. The molecule has 32 heavy (non-hydrogen) atoms. The van der Waals surface area contributed by atoms with E-state index in [-0.39, 0.29) is 12.1 Å². The zero-order valence-electron chi connectivity index (χ0n) is 17.5. The maximum Gasteiger partial charge on any atom is 0.408 e. The lowest BCUT2D eigenvalue weighted by molar-refractivity contribution is -0.139. The first kappa shape index (κ1) is 23.3. The molecule has 3 aromatic rings. The van der Waals surface area contributed by atoms with Crippen LogP contribution in [0.15, 0.2) is 29.0 Å². The average Bonchev–Trinajstić information content (AvgIpc) is 3.35. The molecule has 0 aromatic carbocycles. The van der Waals surface area contributed by atoms with Crippen LogP contribution in [0.5, 0.6) is 0 Å². The molecule has 0 saturated heterocycles. The standard InChI is InChI=1S/C20H21N5O5S2/c1-20(2,3)30-19(29)25-12(18(27)28)7-15-23-14(9-31-15)17-24-13(8-32-17)10-5-4-6-11(22-10)16(21)26/h4-6,8-9,12H,7H2,1-3H3,(H2,21,26)(H,25,29)(H,27,28). The summed E-state index contributed by atoms with van der Waals surface area (Å²) >= 11 is 2.60. The van der Waals surface area contributed by atoms with Crippen molar-refractivity contribution in [3.05, 3.63) is 39.7 Å². The second kappa shape index (κ2) is 9.40. The topological polar surface area (TPSA) is 157 Å².